The summed E-state index contributed by atoms with van der Waals surface area (Å²) in [6, 6.07) is 4.10. The van der Waals surface area contributed by atoms with E-state index in [-0.39, 0.29) is 17.5 Å². The molecule has 0 heterocycles. The van der Waals surface area contributed by atoms with Crippen LogP contribution in [-0.2, 0) is 17.6 Å². The topological polar surface area (TPSA) is 61.1 Å². The molecule has 0 fully saturated rings. The van der Waals surface area contributed by atoms with Crippen molar-refractivity contribution in [3.63, 3.8) is 0 Å². The Hall–Kier alpha value is -1.96. The third-order valence-electron chi connectivity index (χ3n) is 2.45. The van der Waals surface area contributed by atoms with Crippen molar-refractivity contribution in [2.75, 3.05) is 0 Å². The summed E-state index contributed by atoms with van der Waals surface area (Å²) in [4.78, 5) is 10.7. The minimum Gasteiger partial charge on any atom is -0.481 e. The number of carboxylic acid groups (broad SMARTS) is 1. The number of aryl methyl sites for hydroxylation is 1. The second kappa shape index (κ2) is 5.39. The number of carbonyl (C=O) groups is 1. The minimum absolute atomic E-state index is 0.0158. The fraction of sp³-hybridized carbons (Fsp3) is 0.333. The number of nitriles is 1. The molecule has 5 heteroatoms. The van der Waals surface area contributed by atoms with Crippen molar-refractivity contribution in [1.29, 1.82) is 5.26 Å². The van der Waals surface area contributed by atoms with Crippen LogP contribution in [0.5, 0.6) is 0 Å². The molecule has 0 atom stereocenters. The fourth-order valence-corrected chi connectivity index (χ4v) is 1.66. The van der Waals surface area contributed by atoms with E-state index in [1.165, 1.54) is 6.07 Å². The molecule has 0 aliphatic heterocycles. The number of hydrogen-bond acceptors (Lipinski definition) is 2. The lowest BCUT2D eigenvalue weighted by molar-refractivity contribution is -0.136. The van der Waals surface area contributed by atoms with Crippen molar-refractivity contribution in [2.45, 2.75) is 26.2 Å². The van der Waals surface area contributed by atoms with Crippen molar-refractivity contribution in [2.24, 2.45) is 0 Å². The van der Waals surface area contributed by atoms with Gasteiger partial charge in [0.05, 0.1) is 18.1 Å². The number of carboxylic acids is 1. The molecule has 0 amide bonds. The van der Waals surface area contributed by atoms with Gasteiger partial charge in [0, 0.05) is 5.56 Å². The molecule has 0 saturated heterocycles. The lowest BCUT2D eigenvalue weighted by Crippen LogP contribution is -2.07. The molecule has 90 valence electrons. The van der Waals surface area contributed by atoms with Crippen LogP contribution in [0.15, 0.2) is 12.1 Å². The van der Waals surface area contributed by atoms with Gasteiger partial charge < -0.3 is 5.11 Å². The van der Waals surface area contributed by atoms with Gasteiger partial charge in [0.2, 0.25) is 0 Å². The highest BCUT2D eigenvalue weighted by molar-refractivity contribution is 5.72. The maximum absolute atomic E-state index is 12.6. The van der Waals surface area contributed by atoms with E-state index in [0.29, 0.717) is 17.5 Å². The van der Waals surface area contributed by atoms with Crippen molar-refractivity contribution in [3.8, 4) is 6.07 Å². The van der Waals surface area contributed by atoms with Gasteiger partial charge >= 0.3 is 5.97 Å². The van der Waals surface area contributed by atoms with Crippen LogP contribution in [-0.4, -0.2) is 11.1 Å². The van der Waals surface area contributed by atoms with E-state index in [2.05, 4.69) is 0 Å². The summed E-state index contributed by atoms with van der Waals surface area (Å²) in [5.74, 6) is -1.08. The predicted octanol–water partition coefficient (Wildman–Crippen LogP) is 2.69. The first kappa shape index (κ1) is 13.1. The molecule has 0 spiro atoms. The quantitative estimate of drug-likeness (QED) is 0.878. The van der Waals surface area contributed by atoms with Crippen molar-refractivity contribution >= 4 is 5.97 Å². The van der Waals surface area contributed by atoms with E-state index in [1.807, 2.05) is 0 Å². The second-order valence-electron chi connectivity index (χ2n) is 3.54. The molecule has 0 unspecified atom stereocenters. The van der Waals surface area contributed by atoms with Crippen LogP contribution >= 0.6 is 0 Å². The van der Waals surface area contributed by atoms with E-state index in [9.17, 15) is 13.6 Å². The number of benzene rings is 1. The van der Waals surface area contributed by atoms with Crippen LogP contribution in [0.2, 0.25) is 0 Å². The van der Waals surface area contributed by atoms with Crippen molar-refractivity contribution < 1.29 is 18.7 Å². The van der Waals surface area contributed by atoms with Gasteiger partial charge in [0.1, 0.15) is 0 Å². The maximum Gasteiger partial charge on any atom is 0.307 e. The molecule has 1 N–H and O–H groups in total. The molecular weight excluding hydrogens is 228 g/mol. The highest BCUT2D eigenvalue weighted by Crippen LogP contribution is 2.25. The van der Waals surface area contributed by atoms with Gasteiger partial charge in [-0.1, -0.05) is 6.92 Å². The lowest BCUT2D eigenvalue weighted by Gasteiger charge is -2.11. The highest BCUT2D eigenvalue weighted by Gasteiger charge is 2.16. The van der Waals surface area contributed by atoms with Gasteiger partial charge in [0.25, 0.3) is 6.43 Å². The predicted molar refractivity (Wildman–Crippen MR) is 56.8 cm³/mol. The molecule has 3 nitrogen and oxygen atoms in total. The largest absolute Gasteiger partial charge is 0.481 e. The Kier molecular flexibility index (Phi) is 4.16. The zero-order chi connectivity index (χ0) is 13.0. The van der Waals surface area contributed by atoms with Gasteiger partial charge in [-0.25, -0.2) is 8.78 Å². The van der Waals surface area contributed by atoms with Crippen LogP contribution in [0.25, 0.3) is 0 Å². The summed E-state index contributed by atoms with van der Waals surface area (Å²) >= 11 is 0. The third-order valence-corrected chi connectivity index (χ3v) is 2.45. The Morgan fingerprint density at radius 2 is 2.18 bits per heavy atom. The zero-order valence-electron chi connectivity index (χ0n) is 9.20. The van der Waals surface area contributed by atoms with E-state index < -0.39 is 12.4 Å². The summed E-state index contributed by atoms with van der Waals surface area (Å²) < 4.78 is 25.1. The standard InChI is InChI=1S/C12H11F2NO2/c1-2-7-3-8(12(13)14)4-9(6-15)10(7)5-11(16)17/h3-4,12H,2,5H2,1H3,(H,16,17). The Morgan fingerprint density at radius 1 is 1.53 bits per heavy atom. The molecule has 0 aliphatic carbocycles. The summed E-state index contributed by atoms with van der Waals surface area (Å²) in [5, 5.41) is 17.6. The Labute approximate surface area is 97.3 Å². The summed E-state index contributed by atoms with van der Waals surface area (Å²) in [6.07, 6.45) is -2.57. The molecule has 1 aromatic rings. The Balaban J connectivity index is 3.37. The first-order valence-electron chi connectivity index (χ1n) is 5.05. The van der Waals surface area contributed by atoms with Gasteiger partial charge in [-0.15, -0.1) is 0 Å². The van der Waals surface area contributed by atoms with Gasteiger partial charge in [-0.3, -0.25) is 4.79 Å². The van der Waals surface area contributed by atoms with Crippen LogP contribution in [0, 0.1) is 11.3 Å². The van der Waals surface area contributed by atoms with Crippen LogP contribution in [0.1, 0.15) is 35.6 Å². The summed E-state index contributed by atoms with van der Waals surface area (Å²) in [6.45, 7) is 1.73. The smallest absolute Gasteiger partial charge is 0.307 e. The second-order valence-corrected chi connectivity index (χ2v) is 3.54. The molecule has 17 heavy (non-hydrogen) atoms. The number of hydrogen-bond donors (Lipinski definition) is 1. The number of aliphatic carboxylic acids is 1. The number of rotatable bonds is 4. The highest BCUT2D eigenvalue weighted by atomic mass is 19.3. The number of halogens is 2. The van der Waals surface area contributed by atoms with Crippen LogP contribution < -0.4 is 0 Å². The third kappa shape index (κ3) is 3.00. The molecule has 0 aliphatic rings. The molecular formula is C12H11F2NO2. The first-order valence-corrected chi connectivity index (χ1v) is 5.05. The average Bonchev–Trinajstić information content (AvgIpc) is 2.28. The molecule has 0 radical (unpaired) electrons. The average molecular weight is 239 g/mol. The van der Waals surface area contributed by atoms with E-state index in [0.717, 1.165) is 6.07 Å². The van der Waals surface area contributed by atoms with E-state index in [1.54, 1.807) is 13.0 Å². The molecule has 0 aromatic heterocycles. The van der Waals surface area contributed by atoms with Gasteiger partial charge in [-0.2, -0.15) is 5.26 Å². The van der Waals surface area contributed by atoms with Crippen LogP contribution in [0.3, 0.4) is 0 Å². The number of alkyl halides is 2. The summed E-state index contributed by atoms with van der Waals surface area (Å²) in [7, 11) is 0. The zero-order valence-corrected chi connectivity index (χ0v) is 9.20. The molecule has 0 saturated carbocycles. The molecule has 1 aromatic carbocycles. The monoisotopic (exact) mass is 239 g/mol. The van der Waals surface area contributed by atoms with E-state index in [4.69, 9.17) is 10.4 Å². The summed E-state index contributed by atoms with van der Waals surface area (Å²) in [5.41, 5.74) is 0.586. The van der Waals surface area contributed by atoms with E-state index >= 15 is 0 Å². The van der Waals surface area contributed by atoms with Gasteiger partial charge in [0.15, 0.2) is 0 Å². The van der Waals surface area contributed by atoms with Crippen molar-refractivity contribution in [1.82, 2.24) is 0 Å². The Morgan fingerprint density at radius 3 is 2.59 bits per heavy atom. The molecule has 1 rings (SSSR count). The minimum atomic E-state index is -2.66. The lowest BCUT2D eigenvalue weighted by atomic mass is 9.94. The van der Waals surface area contributed by atoms with Crippen LogP contribution in [0.4, 0.5) is 8.78 Å². The van der Waals surface area contributed by atoms with Crippen molar-refractivity contribution in [3.05, 3.63) is 34.4 Å². The number of nitrogens with zero attached hydrogens (tertiary/aromatic N) is 1. The maximum atomic E-state index is 12.6. The molecule has 0 bridgehead atoms. The fourth-order valence-electron chi connectivity index (χ4n) is 1.66. The SMILES string of the molecule is CCc1cc(C(F)F)cc(C#N)c1CC(=O)O. The normalized spacial score (nSPS) is 10.3. The Bertz CT molecular complexity index is 478. The van der Waals surface area contributed by atoms with Gasteiger partial charge in [-0.05, 0) is 29.7 Å². The first-order chi connectivity index (χ1) is 7.99.